The second-order valence-electron chi connectivity index (χ2n) is 12.6. The van der Waals surface area contributed by atoms with E-state index in [4.69, 9.17) is 10.5 Å². The Kier molecular flexibility index (Phi) is 7.20. The van der Waals surface area contributed by atoms with Gasteiger partial charge in [0.15, 0.2) is 0 Å². The van der Waals surface area contributed by atoms with E-state index < -0.39 is 5.54 Å². The Morgan fingerprint density at radius 2 is 2.06 bits per heavy atom. The molecule has 1 spiro atoms. The molecule has 6 atom stereocenters. The van der Waals surface area contributed by atoms with Crippen LogP contribution in [0.4, 0.5) is 0 Å². The van der Waals surface area contributed by atoms with Gasteiger partial charge in [-0.2, -0.15) is 0 Å². The number of benzene rings is 1. The van der Waals surface area contributed by atoms with Gasteiger partial charge in [0, 0.05) is 31.0 Å². The molecular formula is C31H46N2O3. The van der Waals surface area contributed by atoms with Crippen LogP contribution in [0.25, 0.3) is 0 Å². The predicted molar refractivity (Wildman–Crippen MR) is 143 cm³/mol. The fraction of sp³-hybridized carbons (Fsp3) is 0.742. The number of nitrogens with one attached hydrogen (secondary N) is 1. The van der Waals surface area contributed by atoms with Gasteiger partial charge in [0.25, 0.3) is 0 Å². The number of aliphatic hydroxyl groups excluding tert-OH is 1. The second-order valence-corrected chi connectivity index (χ2v) is 12.6. The second kappa shape index (κ2) is 9.95. The van der Waals surface area contributed by atoms with Crippen LogP contribution in [0.3, 0.4) is 0 Å². The quantitative estimate of drug-likeness (QED) is 0.347. The molecule has 6 rings (SSSR count). The molecule has 2 saturated carbocycles. The molecule has 0 radical (unpaired) electrons. The summed E-state index contributed by atoms with van der Waals surface area (Å²) < 4.78 is 7.14. The Morgan fingerprint density at radius 3 is 2.81 bits per heavy atom. The van der Waals surface area contributed by atoms with Crippen molar-refractivity contribution in [2.45, 2.75) is 108 Å². The van der Waals surface area contributed by atoms with E-state index in [1.54, 1.807) is 0 Å². The zero-order valence-corrected chi connectivity index (χ0v) is 22.5. The monoisotopic (exact) mass is 494 g/mol. The minimum absolute atomic E-state index is 0.0788. The number of hydrogen-bond acceptors (Lipinski definition) is 5. The smallest absolute Gasteiger partial charge is 0.116 e. The molecule has 2 heterocycles. The maximum atomic E-state index is 10.6. The number of ether oxygens (including phenoxy) is 1. The Labute approximate surface area is 217 Å². The van der Waals surface area contributed by atoms with Crippen molar-refractivity contribution in [2.75, 3.05) is 13.2 Å². The van der Waals surface area contributed by atoms with Gasteiger partial charge in [-0.1, -0.05) is 31.6 Å². The van der Waals surface area contributed by atoms with Crippen LogP contribution in [0.5, 0.6) is 5.75 Å². The van der Waals surface area contributed by atoms with Gasteiger partial charge in [0.1, 0.15) is 5.75 Å². The summed E-state index contributed by atoms with van der Waals surface area (Å²) in [6.07, 6.45) is 10.1. The SMILES string of the molecule is CCCNCc1cc(O)cc2c1C[C@@H]1CCC[C@@H](C1)[C@@]13CC[C@@H](C(C)(C)O1)[C@](N)(CCO)[C@H]3C#CC2. The fourth-order valence-corrected chi connectivity index (χ4v) is 8.61. The van der Waals surface area contributed by atoms with Crippen LogP contribution in [-0.2, 0) is 24.1 Å². The lowest BCUT2D eigenvalue weighted by atomic mass is 9.48. The van der Waals surface area contributed by atoms with Crippen LogP contribution >= 0.6 is 0 Å². The number of phenols is 1. The molecule has 36 heavy (non-hydrogen) atoms. The van der Waals surface area contributed by atoms with Crippen LogP contribution in [0.1, 0.15) is 88.8 Å². The number of hydrogen-bond donors (Lipinski definition) is 4. The molecule has 0 unspecified atom stereocenters. The topological polar surface area (TPSA) is 87.7 Å². The third-order valence-corrected chi connectivity index (χ3v) is 9.99. The van der Waals surface area contributed by atoms with E-state index in [1.165, 1.54) is 24.0 Å². The summed E-state index contributed by atoms with van der Waals surface area (Å²) in [7, 11) is 0. The molecule has 4 bridgehead atoms. The van der Waals surface area contributed by atoms with Crippen molar-refractivity contribution in [1.29, 1.82) is 0 Å². The first-order valence-electron chi connectivity index (χ1n) is 14.4. The van der Waals surface area contributed by atoms with Crippen LogP contribution in [0.2, 0.25) is 0 Å². The molecule has 5 nitrogen and oxygen atoms in total. The summed E-state index contributed by atoms with van der Waals surface area (Å²) in [6, 6.07) is 3.88. The predicted octanol–water partition coefficient (Wildman–Crippen LogP) is 4.45. The van der Waals surface area contributed by atoms with Gasteiger partial charge in [0.2, 0.25) is 0 Å². The van der Waals surface area contributed by atoms with Crippen molar-refractivity contribution in [1.82, 2.24) is 5.32 Å². The van der Waals surface area contributed by atoms with E-state index in [0.29, 0.717) is 30.4 Å². The fourth-order valence-electron chi connectivity index (χ4n) is 8.61. The van der Waals surface area contributed by atoms with Crippen molar-refractivity contribution in [3.8, 4) is 17.6 Å². The van der Waals surface area contributed by atoms with Gasteiger partial charge < -0.3 is 26.0 Å². The van der Waals surface area contributed by atoms with Crippen molar-refractivity contribution in [3.63, 3.8) is 0 Å². The molecule has 1 aromatic carbocycles. The third-order valence-electron chi connectivity index (χ3n) is 9.99. The Morgan fingerprint density at radius 1 is 1.22 bits per heavy atom. The average Bonchev–Trinajstić information content (AvgIpc) is 2.83. The van der Waals surface area contributed by atoms with Crippen molar-refractivity contribution < 1.29 is 14.9 Å². The van der Waals surface area contributed by atoms with Gasteiger partial charge in [-0.15, -0.1) is 0 Å². The summed E-state index contributed by atoms with van der Waals surface area (Å²) in [5.41, 5.74) is 9.83. The van der Waals surface area contributed by atoms with Gasteiger partial charge >= 0.3 is 0 Å². The van der Waals surface area contributed by atoms with Crippen LogP contribution in [0, 0.1) is 35.5 Å². The van der Waals surface area contributed by atoms with E-state index in [0.717, 1.165) is 57.2 Å². The molecule has 5 aliphatic rings. The lowest BCUT2D eigenvalue weighted by Crippen LogP contribution is -2.77. The van der Waals surface area contributed by atoms with E-state index in [2.05, 4.69) is 37.9 Å². The molecule has 2 saturated heterocycles. The molecule has 5 N–H and O–H groups in total. The van der Waals surface area contributed by atoms with Crippen molar-refractivity contribution in [2.24, 2.45) is 29.4 Å². The highest BCUT2D eigenvalue weighted by molar-refractivity contribution is 5.44. The summed E-state index contributed by atoms with van der Waals surface area (Å²) in [5.74, 6) is 8.65. The van der Waals surface area contributed by atoms with Gasteiger partial charge in [-0.05, 0) is 106 Å². The number of aliphatic hydroxyl groups is 1. The van der Waals surface area contributed by atoms with Crippen LogP contribution in [0.15, 0.2) is 12.1 Å². The summed E-state index contributed by atoms with van der Waals surface area (Å²) in [5, 5.41) is 24.2. The van der Waals surface area contributed by atoms with Crippen LogP contribution in [-0.4, -0.2) is 40.1 Å². The van der Waals surface area contributed by atoms with Gasteiger partial charge in [-0.3, -0.25) is 0 Å². The highest BCUT2D eigenvalue weighted by atomic mass is 16.5. The maximum Gasteiger partial charge on any atom is 0.116 e. The van der Waals surface area contributed by atoms with E-state index >= 15 is 0 Å². The minimum atomic E-state index is -0.556. The van der Waals surface area contributed by atoms with E-state index in [1.807, 2.05) is 12.1 Å². The van der Waals surface area contributed by atoms with Gasteiger partial charge in [-0.25, -0.2) is 0 Å². The van der Waals surface area contributed by atoms with E-state index in [-0.39, 0.29) is 29.6 Å². The van der Waals surface area contributed by atoms with Crippen molar-refractivity contribution >= 4 is 0 Å². The number of aromatic hydroxyl groups is 1. The summed E-state index contributed by atoms with van der Waals surface area (Å²) in [4.78, 5) is 0. The Bertz CT molecular complexity index is 1030. The normalized spacial score (nSPS) is 36.7. The zero-order chi connectivity index (χ0) is 25.6. The molecule has 0 aromatic heterocycles. The average molecular weight is 495 g/mol. The first-order chi connectivity index (χ1) is 17.2. The molecule has 0 amide bonds. The lowest BCUT2D eigenvalue weighted by molar-refractivity contribution is -0.306. The third kappa shape index (κ3) is 4.39. The standard InChI is InChI=1S/C31H46N2O3/c1-4-14-33-20-23-19-25(35)18-22-8-6-10-28-30(32,13-15-34)27-11-12-31(28,36-29(27,2)3)24-9-5-7-21(16-24)17-26(22)23/h18-19,21,24,27-28,33-35H,4-5,7-9,11-17,20,32H2,1-3H3/t21-,24+,27+,28-,30-,31-/m1/s1. The van der Waals surface area contributed by atoms with Crippen LogP contribution < -0.4 is 11.1 Å². The lowest BCUT2D eigenvalue weighted by Gasteiger charge is -2.68. The highest BCUT2D eigenvalue weighted by Crippen LogP contribution is 2.62. The summed E-state index contributed by atoms with van der Waals surface area (Å²) in [6.45, 7) is 8.43. The molecule has 1 aromatic rings. The number of phenolic OH excluding ortho intramolecular Hbond substituents is 1. The molecule has 2 aliphatic heterocycles. The number of fused-ring (bicyclic) bond motifs is 5. The summed E-state index contributed by atoms with van der Waals surface area (Å²) >= 11 is 0. The van der Waals surface area contributed by atoms with Gasteiger partial charge in [0.05, 0.1) is 17.1 Å². The maximum absolute atomic E-state index is 10.6. The molecule has 4 fully saturated rings. The number of nitrogens with two attached hydrogens (primary N) is 1. The molecule has 3 aliphatic carbocycles. The first kappa shape index (κ1) is 26.0. The molecule has 198 valence electrons. The zero-order valence-electron chi connectivity index (χ0n) is 22.5. The molecular weight excluding hydrogens is 448 g/mol. The first-order valence-corrected chi connectivity index (χ1v) is 14.4. The largest absolute Gasteiger partial charge is 0.508 e. The minimum Gasteiger partial charge on any atom is -0.508 e. The highest BCUT2D eigenvalue weighted by Gasteiger charge is 2.68. The molecule has 5 heteroatoms. The Hall–Kier alpha value is -1.58. The Balaban J connectivity index is 1.60. The van der Waals surface area contributed by atoms with Crippen molar-refractivity contribution in [3.05, 3.63) is 28.8 Å². The number of rotatable bonds is 6. The van der Waals surface area contributed by atoms with E-state index in [9.17, 15) is 10.2 Å².